The van der Waals surface area contributed by atoms with Crippen molar-refractivity contribution in [2.75, 3.05) is 39.4 Å². The molecule has 0 saturated carbocycles. The smallest absolute Gasteiger partial charge is 0.379 e. The lowest BCUT2D eigenvalue weighted by molar-refractivity contribution is -0.162. The summed E-state index contributed by atoms with van der Waals surface area (Å²) in [4.78, 5) is 53.8. The number of ketones is 2. The van der Waals surface area contributed by atoms with Crippen LogP contribution in [0, 0.1) is 11.8 Å². The van der Waals surface area contributed by atoms with Crippen molar-refractivity contribution in [3.05, 3.63) is 70.7 Å². The molecule has 0 bridgehead atoms. The Kier molecular flexibility index (Phi) is 13.2. The summed E-state index contributed by atoms with van der Waals surface area (Å²) in [6, 6.07) is 15.0. The van der Waals surface area contributed by atoms with Crippen LogP contribution in [0.4, 0.5) is 8.78 Å². The molecule has 234 valence electrons. The number of nitrogens with one attached hydrogen (secondary N) is 2. The normalized spacial score (nSPS) is 15.5. The highest BCUT2D eigenvalue weighted by Gasteiger charge is 2.51. The van der Waals surface area contributed by atoms with Crippen LogP contribution < -0.4 is 10.6 Å². The van der Waals surface area contributed by atoms with E-state index in [0.29, 0.717) is 44.3 Å². The molecule has 1 heterocycles. The van der Waals surface area contributed by atoms with Crippen LogP contribution in [-0.4, -0.2) is 79.6 Å². The predicted octanol–water partition coefficient (Wildman–Crippen LogP) is 3.88. The van der Waals surface area contributed by atoms with Gasteiger partial charge in [-0.1, -0.05) is 67.9 Å². The molecule has 0 aromatic heterocycles. The van der Waals surface area contributed by atoms with Gasteiger partial charge in [0.25, 0.3) is 5.91 Å². The van der Waals surface area contributed by atoms with Gasteiger partial charge in [0, 0.05) is 50.0 Å². The fraction of sp³-hybridized carbons (Fsp3) is 0.500. The van der Waals surface area contributed by atoms with Crippen LogP contribution >= 0.6 is 11.6 Å². The number of carbonyl (C=O) groups is 4. The molecule has 2 amide bonds. The maximum atomic E-state index is 15.1. The SMILES string of the molecule is CC(C)[C@H](CC(=O)[C@H](Cc1ccccc1)NC(=O)CCc1cccc(Cl)c1)C(=O)C(F)(F)C(=O)NCCN1CCOCC1. The average Bonchev–Trinajstić information content (AvgIpc) is 2.99. The number of aryl methyl sites for hydroxylation is 1. The Labute approximate surface area is 256 Å². The van der Waals surface area contributed by atoms with Crippen LogP contribution in [0.25, 0.3) is 0 Å². The molecule has 3 rings (SSSR count). The fourth-order valence-corrected chi connectivity index (χ4v) is 5.12. The number of hydrogen-bond acceptors (Lipinski definition) is 6. The maximum Gasteiger partial charge on any atom is 0.381 e. The summed E-state index contributed by atoms with van der Waals surface area (Å²) in [5.41, 5.74) is 1.61. The van der Waals surface area contributed by atoms with E-state index in [1.807, 2.05) is 17.0 Å². The highest BCUT2D eigenvalue weighted by molar-refractivity contribution is 6.30. The molecule has 2 N–H and O–H groups in total. The van der Waals surface area contributed by atoms with E-state index in [4.69, 9.17) is 16.3 Å². The Bertz CT molecular complexity index is 1240. The molecule has 1 aliphatic heterocycles. The molecule has 2 aromatic carbocycles. The third-order valence-electron chi connectivity index (χ3n) is 7.51. The van der Waals surface area contributed by atoms with E-state index in [1.54, 1.807) is 56.3 Å². The Morgan fingerprint density at radius 3 is 2.33 bits per heavy atom. The van der Waals surface area contributed by atoms with Crippen LogP contribution in [0.3, 0.4) is 0 Å². The van der Waals surface area contributed by atoms with E-state index < -0.39 is 53.6 Å². The third-order valence-corrected chi connectivity index (χ3v) is 7.75. The minimum Gasteiger partial charge on any atom is -0.379 e. The lowest BCUT2D eigenvalue weighted by Gasteiger charge is -2.28. The van der Waals surface area contributed by atoms with Gasteiger partial charge in [0.15, 0.2) is 5.78 Å². The minimum absolute atomic E-state index is 0.0483. The van der Waals surface area contributed by atoms with Crippen LogP contribution in [0.5, 0.6) is 0 Å². The molecular formula is C32H40ClF2N3O5. The number of alkyl halides is 2. The number of rotatable bonds is 16. The van der Waals surface area contributed by atoms with Crippen LogP contribution in [-0.2, 0) is 36.8 Å². The van der Waals surface area contributed by atoms with E-state index in [0.717, 1.165) is 11.1 Å². The second kappa shape index (κ2) is 16.6. The number of halogens is 3. The fourth-order valence-electron chi connectivity index (χ4n) is 4.91. The van der Waals surface area contributed by atoms with E-state index in [9.17, 15) is 19.2 Å². The van der Waals surface area contributed by atoms with Crippen molar-refractivity contribution in [1.82, 2.24) is 15.5 Å². The number of morpholine rings is 1. The second-order valence-corrected chi connectivity index (χ2v) is 11.5. The van der Waals surface area contributed by atoms with Gasteiger partial charge in [0.2, 0.25) is 11.7 Å². The Balaban J connectivity index is 1.66. The summed E-state index contributed by atoms with van der Waals surface area (Å²) in [6.45, 7) is 5.72. The van der Waals surface area contributed by atoms with Crippen molar-refractivity contribution in [3.63, 3.8) is 0 Å². The van der Waals surface area contributed by atoms with E-state index in [2.05, 4.69) is 10.6 Å². The lowest BCUT2D eigenvalue weighted by Crippen LogP contribution is -2.52. The van der Waals surface area contributed by atoms with Gasteiger partial charge in [-0.05, 0) is 42.0 Å². The van der Waals surface area contributed by atoms with Crippen molar-refractivity contribution < 1.29 is 32.7 Å². The summed E-state index contributed by atoms with van der Waals surface area (Å²) < 4.78 is 35.4. The molecule has 11 heteroatoms. The van der Waals surface area contributed by atoms with Crippen LogP contribution in [0.2, 0.25) is 5.02 Å². The summed E-state index contributed by atoms with van der Waals surface area (Å²) in [5, 5.41) is 5.45. The summed E-state index contributed by atoms with van der Waals surface area (Å²) in [5.74, 6) is -10.6. The largest absolute Gasteiger partial charge is 0.381 e. The first kappa shape index (κ1) is 34.3. The quantitative estimate of drug-likeness (QED) is 0.276. The zero-order valence-electron chi connectivity index (χ0n) is 24.6. The number of Topliss-reactive ketones (excluding diaryl/α,β-unsaturated/α-hetero) is 2. The first-order chi connectivity index (χ1) is 20.5. The molecule has 0 radical (unpaired) electrons. The van der Waals surface area contributed by atoms with Gasteiger partial charge in [-0.3, -0.25) is 24.1 Å². The zero-order chi connectivity index (χ0) is 31.4. The van der Waals surface area contributed by atoms with Gasteiger partial charge in [-0.2, -0.15) is 8.78 Å². The van der Waals surface area contributed by atoms with Crippen molar-refractivity contribution in [1.29, 1.82) is 0 Å². The summed E-state index contributed by atoms with van der Waals surface area (Å²) >= 11 is 6.03. The first-order valence-electron chi connectivity index (χ1n) is 14.6. The number of nitrogens with zero attached hydrogens (tertiary/aromatic N) is 1. The third kappa shape index (κ3) is 10.8. The standard InChI is InChI=1S/C32H40ClF2N3O5/c1-22(2)26(30(41)32(34,35)31(42)36-13-14-38-15-17-43-18-16-38)21-28(39)27(20-23-7-4-3-5-8-23)37-29(40)12-11-24-9-6-10-25(33)19-24/h3-10,19,22,26-27H,11-18,20-21H2,1-2H3,(H,36,42)(H,37,40)/t26-,27-/m0/s1. The Morgan fingerprint density at radius 2 is 1.67 bits per heavy atom. The Hall–Kier alpha value is -3.21. The van der Waals surface area contributed by atoms with Crippen molar-refractivity contribution >= 4 is 35.0 Å². The number of ether oxygens (including phenoxy) is 1. The average molecular weight is 620 g/mol. The molecule has 2 atom stereocenters. The molecule has 43 heavy (non-hydrogen) atoms. The summed E-state index contributed by atoms with van der Waals surface area (Å²) in [6.07, 6.45) is 0.0476. The molecule has 1 saturated heterocycles. The van der Waals surface area contributed by atoms with E-state index >= 15 is 8.78 Å². The van der Waals surface area contributed by atoms with Crippen molar-refractivity contribution in [2.45, 2.75) is 51.5 Å². The topological polar surface area (TPSA) is 105 Å². The maximum absolute atomic E-state index is 15.1. The summed E-state index contributed by atoms with van der Waals surface area (Å²) in [7, 11) is 0. The zero-order valence-corrected chi connectivity index (χ0v) is 25.4. The molecule has 0 spiro atoms. The monoisotopic (exact) mass is 619 g/mol. The van der Waals surface area contributed by atoms with Gasteiger partial charge in [-0.25, -0.2) is 0 Å². The van der Waals surface area contributed by atoms with Gasteiger partial charge in [-0.15, -0.1) is 0 Å². The molecule has 1 fully saturated rings. The molecular weight excluding hydrogens is 580 g/mol. The van der Waals surface area contributed by atoms with Crippen molar-refractivity contribution in [2.24, 2.45) is 11.8 Å². The molecule has 0 aliphatic carbocycles. The Morgan fingerprint density at radius 1 is 1.00 bits per heavy atom. The number of hydrogen-bond donors (Lipinski definition) is 2. The highest BCUT2D eigenvalue weighted by Crippen LogP contribution is 2.28. The number of carbonyl (C=O) groups excluding carboxylic acids is 4. The predicted molar refractivity (Wildman–Crippen MR) is 160 cm³/mol. The van der Waals surface area contributed by atoms with Gasteiger partial charge < -0.3 is 15.4 Å². The van der Waals surface area contributed by atoms with Gasteiger partial charge >= 0.3 is 5.92 Å². The minimum atomic E-state index is -4.31. The highest BCUT2D eigenvalue weighted by atomic mass is 35.5. The van der Waals surface area contributed by atoms with Crippen LogP contribution in [0.15, 0.2) is 54.6 Å². The number of benzene rings is 2. The van der Waals surface area contributed by atoms with E-state index in [1.165, 1.54) is 0 Å². The number of amides is 2. The van der Waals surface area contributed by atoms with Gasteiger partial charge in [0.05, 0.1) is 19.3 Å². The molecule has 8 nitrogen and oxygen atoms in total. The first-order valence-corrected chi connectivity index (χ1v) is 15.0. The lowest BCUT2D eigenvalue weighted by atomic mass is 9.82. The van der Waals surface area contributed by atoms with Crippen molar-refractivity contribution in [3.8, 4) is 0 Å². The molecule has 1 aliphatic rings. The van der Waals surface area contributed by atoms with Crippen LogP contribution in [0.1, 0.15) is 37.8 Å². The molecule has 0 unspecified atom stereocenters. The second-order valence-electron chi connectivity index (χ2n) is 11.1. The van der Waals surface area contributed by atoms with Gasteiger partial charge in [0.1, 0.15) is 0 Å². The molecule has 2 aromatic rings. The van der Waals surface area contributed by atoms with E-state index in [-0.39, 0.29) is 19.4 Å².